The minimum absolute atomic E-state index is 0.0488. The number of carbonyl (C=O) groups excluding carboxylic acids is 3. The molecule has 0 atom stereocenters. The van der Waals surface area contributed by atoms with Gasteiger partial charge in [-0.25, -0.2) is 4.79 Å². The molecule has 0 aromatic carbocycles. The summed E-state index contributed by atoms with van der Waals surface area (Å²) in [4.78, 5) is 112. The Morgan fingerprint density at radius 3 is 1.38 bits per heavy atom. The number of anilines is 1. The van der Waals surface area contributed by atoms with Crippen molar-refractivity contribution in [1.82, 2.24) is 34.6 Å². The van der Waals surface area contributed by atoms with Crippen LogP contribution in [0.25, 0.3) is 0 Å². The summed E-state index contributed by atoms with van der Waals surface area (Å²) in [6, 6.07) is 2.50. The first kappa shape index (κ1) is 40.9. The minimum Gasteiger partial charge on any atom is -0.477 e. The summed E-state index contributed by atoms with van der Waals surface area (Å²) in [5, 5.41) is 18.8. The molecule has 50 heavy (non-hydrogen) atoms. The quantitative estimate of drug-likeness (QED) is 0.117. The molecule has 0 saturated heterocycles. The highest BCUT2D eigenvalue weighted by Gasteiger charge is 2.20. The average molecular weight is 698 g/mol. The summed E-state index contributed by atoms with van der Waals surface area (Å²) >= 11 is 0. The molecule has 4 rings (SSSR count). The number of amides is 3. The zero-order valence-corrected chi connectivity index (χ0v) is 27.7. The molecule has 0 radical (unpaired) electrons. The van der Waals surface area contributed by atoms with E-state index < -0.39 is 38.8 Å². The summed E-state index contributed by atoms with van der Waals surface area (Å²) < 4.78 is 0. The van der Waals surface area contributed by atoms with Crippen molar-refractivity contribution in [3.05, 3.63) is 135 Å². The molecule has 0 saturated carbocycles. The number of aromatic nitrogens is 4. The van der Waals surface area contributed by atoms with Crippen LogP contribution in [-0.2, 0) is 0 Å². The van der Waals surface area contributed by atoms with Gasteiger partial charge in [0.25, 0.3) is 23.2 Å². The van der Waals surface area contributed by atoms with Gasteiger partial charge in [0.1, 0.15) is 22.3 Å². The Morgan fingerprint density at radius 1 is 0.620 bits per heavy atom. The minimum atomic E-state index is -1.21. The number of nitrogens with two attached hydrogens (primary N) is 1. The molecule has 0 unspecified atom stereocenters. The highest BCUT2D eigenvalue weighted by Crippen LogP contribution is 2.04. The molecular formula is C30H35N9O11. The fraction of sp³-hybridized carbons (Fsp3) is 0.200. The highest BCUT2D eigenvalue weighted by atomic mass is 16.6. The first-order valence-electron chi connectivity index (χ1n) is 13.9. The second kappa shape index (κ2) is 18.9. The van der Waals surface area contributed by atoms with Crippen LogP contribution >= 0.6 is 0 Å². The van der Waals surface area contributed by atoms with Gasteiger partial charge in [-0.15, -0.1) is 0 Å². The monoisotopic (exact) mass is 697 g/mol. The lowest BCUT2D eigenvalue weighted by atomic mass is 10.2. The lowest BCUT2D eigenvalue weighted by Gasteiger charge is -2.09. The molecule has 0 aliphatic heterocycles. The maximum absolute atomic E-state index is 11.4. The van der Waals surface area contributed by atoms with Gasteiger partial charge in [-0.1, -0.05) is 0 Å². The normalized spacial score (nSPS) is 9.56. The van der Waals surface area contributed by atoms with Gasteiger partial charge in [-0.3, -0.25) is 43.7 Å². The molecule has 4 aromatic rings. The van der Waals surface area contributed by atoms with E-state index in [0.717, 1.165) is 18.6 Å². The number of nitro groups is 1. The van der Waals surface area contributed by atoms with Crippen molar-refractivity contribution in [2.24, 2.45) is 0 Å². The zero-order valence-electron chi connectivity index (χ0n) is 27.7. The average Bonchev–Trinajstić information content (AvgIpc) is 3.06. The Bertz CT molecular complexity index is 2080. The Kier molecular flexibility index (Phi) is 15.4. The third-order valence-electron chi connectivity index (χ3n) is 5.88. The number of aromatic amines is 4. The smallest absolute Gasteiger partial charge is 0.341 e. The van der Waals surface area contributed by atoms with Crippen molar-refractivity contribution in [1.29, 1.82) is 0 Å². The molecule has 0 aliphatic carbocycles. The Morgan fingerprint density at radius 2 is 1.00 bits per heavy atom. The number of aromatic carboxylic acids is 1. The van der Waals surface area contributed by atoms with Crippen molar-refractivity contribution >= 4 is 35.1 Å². The van der Waals surface area contributed by atoms with E-state index in [4.69, 9.17) is 10.8 Å². The number of pyridine rings is 4. The SMILES string of the molecule is CN(C)C(=O)c1c[nH]cc(N)c1=O.CN(C)C(=O)c1c[nH]cc([N+](=O)[O-])c1=O.CN(C)C(=O)c1c[nH]ccc1=O.O=C(O)c1c[nH]ccc1=O. The van der Waals surface area contributed by atoms with E-state index in [2.05, 4.69) is 19.9 Å². The van der Waals surface area contributed by atoms with Crippen molar-refractivity contribution in [2.75, 3.05) is 48.0 Å². The summed E-state index contributed by atoms with van der Waals surface area (Å²) in [6.07, 6.45) is 10.3. The van der Waals surface area contributed by atoms with E-state index in [9.17, 15) is 48.5 Å². The summed E-state index contributed by atoms with van der Waals surface area (Å²) in [5.41, 5.74) is 2.46. The summed E-state index contributed by atoms with van der Waals surface area (Å²) in [6.45, 7) is 0. The van der Waals surface area contributed by atoms with E-state index in [1.807, 2.05) is 0 Å². The third kappa shape index (κ3) is 11.6. The van der Waals surface area contributed by atoms with Gasteiger partial charge in [0.2, 0.25) is 5.43 Å². The lowest BCUT2D eigenvalue weighted by Crippen LogP contribution is -2.28. The van der Waals surface area contributed by atoms with Crippen LogP contribution in [-0.4, -0.2) is 111 Å². The third-order valence-corrected chi connectivity index (χ3v) is 5.88. The number of nitrogen functional groups attached to an aromatic ring is 1. The van der Waals surface area contributed by atoms with E-state index in [0.29, 0.717) is 0 Å². The summed E-state index contributed by atoms with van der Waals surface area (Å²) in [5.74, 6) is -2.41. The van der Waals surface area contributed by atoms with Gasteiger partial charge in [0, 0.05) is 97.8 Å². The number of carbonyl (C=O) groups is 4. The van der Waals surface area contributed by atoms with E-state index in [1.54, 1.807) is 28.2 Å². The Labute approximate surface area is 282 Å². The number of nitrogens with zero attached hydrogens (tertiary/aromatic N) is 4. The molecule has 0 spiro atoms. The molecule has 0 aliphatic rings. The first-order chi connectivity index (χ1) is 23.3. The van der Waals surface area contributed by atoms with Crippen molar-refractivity contribution in [3.63, 3.8) is 0 Å². The van der Waals surface area contributed by atoms with Gasteiger partial charge < -0.3 is 45.5 Å². The van der Waals surface area contributed by atoms with Crippen molar-refractivity contribution in [2.45, 2.75) is 0 Å². The van der Waals surface area contributed by atoms with E-state index in [1.165, 1.54) is 71.9 Å². The predicted octanol–water partition coefficient (Wildman–Crippen LogP) is -0.206. The molecule has 20 heteroatoms. The van der Waals surface area contributed by atoms with Crippen LogP contribution in [0.15, 0.2) is 80.9 Å². The van der Waals surface area contributed by atoms with Gasteiger partial charge in [0.15, 0.2) is 10.9 Å². The van der Waals surface area contributed by atoms with Gasteiger partial charge in [-0.05, 0) is 0 Å². The van der Waals surface area contributed by atoms with Crippen LogP contribution < -0.4 is 27.4 Å². The van der Waals surface area contributed by atoms with Crippen LogP contribution in [0.2, 0.25) is 0 Å². The van der Waals surface area contributed by atoms with Crippen LogP contribution in [0.1, 0.15) is 41.4 Å². The van der Waals surface area contributed by atoms with Crippen LogP contribution in [0.4, 0.5) is 11.4 Å². The molecule has 0 fully saturated rings. The number of carboxylic acid groups (broad SMARTS) is 1. The second-order valence-electron chi connectivity index (χ2n) is 10.2. The predicted molar refractivity (Wildman–Crippen MR) is 180 cm³/mol. The van der Waals surface area contributed by atoms with Gasteiger partial charge in [0.05, 0.1) is 16.8 Å². The van der Waals surface area contributed by atoms with Crippen molar-refractivity contribution < 1.29 is 29.2 Å². The van der Waals surface area contributed by atoms with Gasteiger partial charge in [-0.2, -0.15) is 0 Å². The van der Waals surface area contributed by atoms with E-state index in [-0.39, 0.29) is 45.2 Å². The Hall–Kier alpha value is -7.12. The fourth-order valence-corrected chi connectivity index (χ4v) is 3.32. The zero-order chi connectivity index (χ0) is 38.3. The maximum Gasteiger partial charge on any atom is 0.341 e. The largest absolute Gasteiger partial charge is 0.477 e. The molecule has 3 amide bonds. The molecule has 0 bridgehead atoms. The summed E-state index contributed by atoms with van der Waals surface area (Å²) in [7, 11) is 9.28. The van der Waals surface area contributed by atoms with Crippen LogP contribution in [0, 0.1) is 10.1 Å². The molecular weight excluding hydrogens is 662 g/mol. The topological polar surface area (TPSA) is 299 Å². The maximum atomic E-state index is 11.4. The molecule has 20 nitrogen and oxygen atoms in total. The number of carboxylic acids is 1. The van der Waals surface area contributed by atoms with E-state index >= 15 is 0 Å². The number of H-pyrrole nitrogens is 4. The molecule has 4 aromatic heterocycles. The van der Waals surface area contributed by atoms with Crippen LogP contribution in [0.3, 0.4) is 0 Å². The first-order valence-corrected chi connectivity index (χ1v) is 13.9. The molecule has 7 N–H and O–H groups in total. The highest BCUT2D eigenvalue weighted by molar-refractivity contribution is 5.95. The number of nitrogens with one attached hydrogen (secondary N) is 4. The fourth-order valence-electron chi connectivity index (χ4n) is 3.32. The molecule has 4 heterocycles. The lowest BCUT2D eigenvalue weighted by molar-refractivity contribution is -0.386. The van der Waals surface area contributed by atoms with Crippen molar-refractivity contribution in [3.8, 4) is 0 Å². The van der Waals surface area contributed by atoms with Crippen LogP contribution in [0.5, 0.6) is 0 Å². The number of hydrogen-bond acceptors (Lipinski definition) is 11. The standard InChI is InChI=1S/C8H9N3O4.C8H11N3O2.C8H10N2O2.C6H5NO3/c1-10(2)8(13)5-3-9-4-6(7(5)12)11(14)15;1-11(2)8(13)5-3-10-4-6(9)7(5)12;1-10(2)8(12)6-5-9-4-3-7(6)11;8-5-1-2-7-3-4(5)6(9)10/h3-4H,1-2H3,(H,9,12);3-4H,9H2,1-2H3,(H,10,12);3-5H,1-2H3,(H,9,11);1-3H,(H,7,8)(H,9,10). The van der Waals surface area contributed by atoms with Gasteiger partial charge >= 0.3 is 11.7 Å². The second-order valence-corrected chi connectivity index (χ2v) is 10.2. The molecule has 266 valence electrons. The number of hydrogen-bond donors (Lipinski definition) is 6. The Balaban J connectivity index is 0.000000336. The number of rotatable bonds is 5.